The number of carbonyl (C=O) groups excluding carboxylic acids is 1. The minimum Gasteiger partial charge on any atom is -0.491 e. The van der Waals surface area contributed by atoms with Crippen LogP contribution in [0, 0.1) is 6.92 Å². The van der Waals surface area contributed by atoms with Crippen molar-refractivity contribution in [1.82, 2.24) is 20.5 Å². The number of nitrogens with zero attached hydrogens (tertiary/aromatic N) is 2. The van der Waals surface area contributed by atoms with Crippen molar-refractivity contribution in [3.05, 3.63) is 75.7 Å². The summed E-state index contributed by atoms with van der Waals surface area (Å²) in [5, 5.41) is 11.1. The van der Waals surface area contributed by atoms with Crippen LogP contribution < -0.4 is 15.6 Å². The molecular weight excluding hydrogens is 392 g/mol. The van der Waals surface area contributed by atoms with Crippen molar-refractivity contribution in [1.29, 1.82) is 0 Å². The number of carbonyl (C=O) groups is 1. The number of aromatic nitrogens is 3. The summed E-state index contributed by atoms with van der Waals surface area (Å²) < 4.78 is 5.82. The summed E-state index contributed by atoms with van der Waals surface area (Å²) in [6.07, 6.45) is 1.38. The molecule has 0 spiro atoms. The Morgan fingerprint density at radius 1 is 1.16 bits per heavy atom. The average Bonchev–Trinajstić information content (AvgIpc) is 2.77. The van der Waals surface area contributed by atoms with Crippen LogP contribution in [-0.2, 0) is 17.8 Å². The molecule has 3 rings (SSSR count). The van der Waals surface area contributed by atoms with Gasteiger partial charge in [-0.15, -0.1) is 10.2 Å². The Balaban J connectivity index is 1.59. The van der Waals surface area contributed by atoms with Gasteiger partial charge in [0.25, 0.3) is 5.56 Å². The van der Waals surface area contributed by atoms with Crippen molar-refractivity contribution in [2.75, 3.05) is 0 Å². The molecule has 0 saturated carbocycles. The van der Waals surface area contributed by atoms with Crippen LogP contribution >= 0.6 is 0 Å². The maximum Gasteiger partial charge on any atom is 0.273 e. The SMILES string of the molecule is CCC(C)Oc1cccc(-c2nnc(CCC(=O)NCc3cccc(C)c3)c(=O)[nH]2)c1. The zero-order valence-corrected chi connectivity index (χ0v) is 18.1. The summed E-state index contributed by atoms with van der Waals surface area (Å²) in [5.41, 5.74) is 2.79. The Bertz CT molecular complexity index is 1090. The maximum absolute atomic E-state index is 12.4. The number of ether oxygens (including phenoxy) is 1. The third kappa shape index (κ3) is 6.50. The summed E-state index contributed by atoms with van der Waals surface area (Å²) in [6.45, 7) is 6.52. The van der Waals surface area contributed by atoms with Crippen LogP contribution in [-0.4, -0.2) is 27.2 Å². The molecule has 0 saturated heterocycles. The standard InChI is InChI=1S/C24H28N4O3/c1-4-17(3)31-20-10-6-9-19(14-20)23-26-24(30)21(27-28-23)11-12-22(29)25-15-18-8-5-7-16(2)13-18/h5-10,13-14,17H,4,11-12,15H2,1-3H3,(H,25,29)(H,26,28,30). The molecule has 2 aromatic carbocycles. The number of rotatable bonds is 9. The number of aromatic amines is 1. The highest BCUT2D eigenvalue weighted by Gasteiger charge is 2.11. The summed E-state index contributed by atoms with van der Waals surface area (Å²) in [4.78, 5) is 27.3. The van der Waals surface area contributed by atoms with Gasteiger partial charge in [0.15, 0.2) is 5.82 Å². The highest BCUT2D eigenvalue weighted by Crippen LogP contribution is 2.21. The molecule has 1 heterocycles. The van der Waals surface area contributed by atoms with Crippen molar-refractivity contribution in [2.24, 2.45) is 0 Å². The molecular formula is C24H28N4O3. The molecule has 3 aromatic rings. The Morgan fingerprint density at radius 2 is 1.97 bits per heavy atom. The van der Waals surface area contributed by atoms with Crippen LogP contribution in [0.25, 0.3) is 11.4 Å². The van der Waals surface area contributed by atoms with Gasteiger partial charge in [0.05, 0.1) is 6.10 Å². The predicted octanol–water partition coefficient (Wildman–Crippen LogP) is 3.57. The molecule has 0 aliphatic heterocycles. The molecule has 0 fully saturated rings. The molecule has 1 atom stereocenters. The molecule has 1 unspecified atom stereocenters. The first-order chi connectivity index (χ1) is 14.9. The molecule has 7 nitrogen and oxygen atoms in total. The van der Waals surface area contributed by atoms with Crippen LogP contribution in [0.2, 0.25) is 0 Å². The number of nitrogens with one attached hydrogen (secondary N) is 2. The maximum atomic E-state index is 12.4. The molecule has 0 bridgehead atoms. The number of hydrogen-bond donors (Lipinski definition) is 2. The largest absolute Gasteiger partial charge is 0.491 e. The van der Waals surface area contributed by atoms with Crippen molar-refractivity contribution >= 4 is 5.91 Å². The molecule has 162 valence electrons. The average molecular weight is 421 g/mol. The lowest BCUT2D eigenvalue weighted by Crippen LogP contribution is -2.25. The van der Waals surface area contributed by atoms with E-state index < -0.39 is 0 Å². The van der Waals surface area contributed by atoms with Crippen molar-refractivity contribution in [3.63, 3.8) is 0 Å². The van der Waals surface area contributed by atoms with Crippen molar-refractivity contribution in [2.45, 2.75) is 52.7 Å². The Hall–Kier alpha value is -3.48. The van der Waals surface area contributed by atoms with E-state index in [0.717, 1.165) is 17.5 Å². The normalized spacial score (nSPS) is 11.7. The monoisotopic (exact) mass is 420 g/mol. The van der Waals surface area contributed by atoms with Gasteiger partial charge in [-0.25, -0.2) is 0 Å². The molecule has 2 N–H and O–H groups in total. The van der Waals surface area contributed by atoms with E-state index in [1.165, 1.54) is 0 Å². The first kappa shape index (κ1) is 22.2. The number of H-pyrrole nitrogens is 1. The van der Waals surface area contributed by atoms with Gasteiger partial charge in [-0.05, 0) is 38.0 Å². The summed E-state index contributed by atoms with van der Waals surface area (Å²) in [5.74, 6) is 0.942. The van der Waals surface area contributed by atoms with E-state index in [1.54, 1.807) is 0 Å². The minimum atomic E-state index is -0.343. The van der Waals surface area contributed by atoms with Crippen LogP contribution in [0.5, 0.6) is 5.75 Å². The highest BCUT2D eigenvalue weighted by molar-refractivity contribution is 5.76. The second-order valence-corrected chi connectivity index (χ2v) is 7.58. The van der Waals surface area contributed by atoms with Gasteiger partial charge < -0.3 is 15.0 Å². The molecule has 0 radical (unpaired) electrons. The fourth-order valence-electron chi connectivity index (χ4n) is 3.03. The fourth-order valence-corrected chi connectivity index (χ4v) is 3.03. The quantitative estimate of drug-likeness (QED) is 0.552. The number of hydrogen-bond acceptors (Lipinski definition) is 5. The van der Waals surface area contributed by atoms with Gasteiger partial charge in [0, 0.05) is 24.9 Å². The van der Waals surface area contributed by atoms with E-state index in [1.807, 2.05) is 62.4 Å². The Kier molecular flexibility index (Phi) is 7.54. The van der Waals surface area contributed by atoms with Gasteiger partial charge in [0.2, 0.25) is 5.91 Å². The second-order valence-electron chi connectivity index (χ2n) is 7.58. The van der Waals surface area contributed by atoms with Crippen LogP contribution in [0.4, 0.5) is 0 Å². The van der Waals surface area contributed by atoms with Crippen molar-refractivity contribution in [3.8, 4) is 17.1 Å². The first-order valence-electron chi connectivity index (χ1n) is 10.5. The number of amides is 1. The lowest BCUT2D eigenvalue weighted by Gasteiger charge is -2.13. The van der Waals surface area contributed by atoms with E-state index in [-0.39, 0.29) is 36.1 Å². The van der Waals surface area contributed by atoms with Gasteiger partial charge in [-0.3, -0.25) is 9.59 Å². The zero-order chi connectivity index (χ0) is 22.2. The second kappa shape index (κ2) is 10.5. The first-order valence-corrected chi connectivity index (χ1v) is 10.5. The van der Waals surface area contributed by atoms with Gasteiger partial charge in [0.1, 0.15) is 11.4 Å². The summed E-state index contributed by atoms with van der Waals surface area (Å²) >= 11 is 0. The molecule has 0 aliphatic rings. The molecule has 7 heteroatoms. The topological polar surface area (TPSA) is 97.0 Å². The van der Waals surface area contributed by atoms with Crippen molar-refractivity contribution < 1.29 is 9.53 Å². The van der Waals surface area contributed by atoms with E-state index in [2.05, 4.69) is 27.4 Å². The number of benzene rings is 2. The van der Waals surface area contributed by atoms with Gasteiger partial charge in [-0.2, -0.15) is 0 Å². The Morgan fingerprint density at radius 3 is 2.71 bits per heavy atom. The van der Waals surface area contributed by atoms with Gasteiger partial charge in [-0.1, -0.05) is 48.9 Å². The number of aryl methyl sites for hydroxylation is 2. The summed E-state index contributed by atoms with van der Waals surface area (Å²) in [7, 11) is 0. The van der Waals surface area contributed by atoms with Crippen LogP contribution in [0.15, 0.2) is 53.3 Å². The summed E-state index contributed by atoms with van der Waals surface area (Å²) in [6, 6.07) is 15.3. The van der Waals surface area contributed by atoms with Gasteiger partial charge >= 0.3 is 0 Å². The third-order valence-corrected chi connectivity index (χ3v) is 4.95. The molecule has 31 heavy (non-hydrogen) atoms. The van der Waals surface area contributed by atoms with E-state index >= 15 is 0 Å². The molecule has 1 aromatic heterocycles. The Labute approximate surface area is 181 Å². The highest BCUT2D eigenvalue weighted by atomic mass is 16.5. The predicted molar refractivity (Wildman–Crippen MR) is 120 cm³/mol. The van der Waals surface area contributed by atoms with Crippen LogP contribution in [0.1, 0.15) is 43.5 Å². The molecule has 0 aliphatic carbocycles. The fraction of sp³-hybridized carbons (Fsp3) is 0.333. The lowest BCUT2D eigenvalue weighted by molar-refractivity contribution is -0.121. The smallest absolute Gasteiger partial charge is 0.273 e. The van der Waals surface area contributed by atoms with Crippen LogP contribution in [0.3, 0.4) is 0 Å². The van der Waals surface area contributed by atoms with E-state index in [0.29, 0.717) is 23.7 Å². The van der Waals surface area contributed by atoms with E-state index in [9.17, 15) is 9.59 Å². The zero-order valence-electron chi connectivity index (χ0n) is 18.1. The lowest BCUT2D eigenvalue weighted by atomic mass is 10.1. The molecule has 1 amide bonds. The third-order valence-electron chi connectivity index (χ3n) is 4.95. The van der Waals surface area contributed by atoms with E-state index in [4.69, 9.17) is 4.74 Å². The minimum absolute atomic E-state index is 0.0971.